The van der Waals surface area contributed by atoms with Crippen LogP contribution in [0.5, 0.6) is 0 Å². The molecule has 2 amide bonds. The Bertz CT molecular complexity index is 1040. The van der Waals surface area contributed by atoms with Gasteiger partial charge < -0.3 is 19.6 Å². The summed E-state index contributed by atoms with van der Waals surface area (Å²) in [6, 6.07) is 1.68. The highest BCUT2D eigenvalue weighted by Gasteiger charge is 2.55. The maximum Gasteiger partial charge on any atom is 0.236 e. The lowest BCUT2D eigenvalue weighted by molar-refractivity contribution is -0.158. The lowest BCUT2D eigenvalue weighted by atomic mass is 9.49. The van der Waals surface area contributed by atoms with E-state index in [-0.39, 0.29) is 17.1 Å². The number of rotatable bonds is 6. The molecule has 0 unspecified atom stereocenters. The molecule has 9 nitrogen and oxygen atoms in total. The second kappa shape index (κ2) is 8.82. The van der Waals surface area contributed by atoms with Crippen LogP contribution in [0.3, 0.4) is 0 Å². The summed E-state index contributed by atoms with van der Waals surface area (Å²) in [7, 11) is 0. The molecule has 0 aromatic carbocycles. The first-order valence-electron chi connectivity index (χ1n) is 12.2. The number of nitrogens with zero attached hydrogens (tertiary/aromatic N) is 5. The maximum atomic E-state index is 13.6. The minimum absolute atomic E-state index is 0.0608. The van der Waals surface area contributed by atoms with Gasteiger partial charge in [0.2, 0.25) is 16.9 Å². The van der Waals surface area contributed by atoms with E-state index < -0.39 is 0 Å². The zero-order valence-electron chi connectivity index (χ0n) is 19.4. The third kappa shape index (κ3) is 4.32. The minimum atomic E-state index is -0.160. The molecule has 2 aromatic rings. The highest BCUT2D eigenvalue weighted by Crippen LogP contribution is 2.60. The van der Waals surface area contributed by atoms with Gasteiger partial charge in [0.1, 0.15) is 5.76 Å². The van der Waals surface area contributed by atoms with Crippen LogP contribution >= 0.6 is 23.1 Å². The van der Waals surface area contributed by atoms with Crippen LogP contribution < -0.4 is 10.2 Å². The number of amides is 2. The molecule has 4 aliphatic carbocycles. The molecule has 1 saturated heterocycles. The maximum absolute atomic E-state index is 13.6. The van der Waals surface area contributed by atoms with Crippen molar-refractivity contribution in [2.24, 2.45) is 23.2 Å². The van der Waals surface area contributed by atoms with E-state index in [1.165, 1.54) is 42.4 Å². The normalized spacial score (nSPS) is 30.1. The van der Waals surface area contributed by atoms with Crippen molar-refractivity contribution < 1.29 is 14.1 Å². The molecular weight excluding hydrogens is 472 g/mol. The molecule has 0 spiro atoms. The van der Waals surface area contributed by atoms with E-state index in [0.717, 1.165) is 72.7 Å². The number of anilines is 2. The second-order valence-corrected chi connectivity index (χ2v) is 12.7. The van der Waals surface area contributed by atoms with E-state index in [1.807, 2.05) is 0 Å². The van der Waals surface area contributed by atoms with Gasteiger partial charge in [0, 0.05) is 32.2 Å². The van der Waals surface area contributed by atoms with Gasteiger partial charge in [0.25, 0.3) is 0 Å². The molecule has 1 aliphatic heterocycles. The number of aryl methyl sites for hydroxylation is 1. The predicted octanol–water partition coefficient (Wildman–Crippen LogP) is 3.43. The van der Waals surface area contributed by atoms with E-state index in [1.54, 1.807) is 13.0 Å². The summed E-state index contributed by atoms with van der Waals surface area (Å²) < 4.78 is 5.72. The standard InChI is InChI=1S/C23H30N6O3S2/c1-14-6-18(27-32-14)24-19(30)13-33-22-26-25-21(34-22)29-4-2-28(3-5-29)20(31)23-10-15-7-16(11-23)9-17(8-15)12-23/h6,15-17H,2-5,7-13H2,1H3,(H,24,27,30). The Hall–Kier alpha value is -2.14. The first-order chi connectivity index (χ1) is 16.5. The zero-order valence-corrected chi connectivity index (χ0v) is 21.0. The predicted molar refractivity (Wildman–Crippen MR) is 130 cm³/mol. The average molecular weight is 503 g/mol. The van der Waals surface area contributed by atoms with Crippen molar-refractivity contribution in [1.82, 2.24) is 20.3 Å². The van der Waals surface area contributed by atoms with Gasteiger partial charge in [0.05, 0.1) is 11.2 Å². The average Bonchev–Trinajstić information content (AvgIpc) is 3.45. The topological polar surface area (TPSA) is 104 Å². The van der Waals surface area contributed by atoms with Crippen LogP contribution in [0.25, 0.3) is 0 Å². The van der Waals surface area contributed by atoms with Crippen molar-refractivity contribution in [3.63, 3.8) is 0 Å². The van der Waals surface area contributed by atoms with Gasteiger partial charge in [-0.25, -0.2) is 0 Å². The Morgan fingerprint density at radius 2 is 1.79 bits per heavy atom. The molecule has 0 radical (unpaired) electrons. The van der Waals surface area contributed by atoms with E-state index in [4.69, 9.17) is 4.52 Å². The Labute approximate surface area is 207 Å². The molecule has 34 heavy (non-hydrogen) atoms. The van der Waals surface area contributed by atoms with Gasteiger partial charge in [-0.2, -0.15) is 0 Å². The molecule has 3 heterocycles. The summed E-state index contributed by atoms with van der Waals surface area (Å²) >= 11 is 2.86. The number of hydrogen-bond donors (Lipinski definition) is 1. The number of piperazine rings is 1. The van der Waals surface area contributed by atoms with Crippen molar-refractivity contribution >= 4 is 45.9 Å². The summed E-state index contributed by atoms with van der Waals surface area (Å²) in [5.41, 5.74) is -0.0608. The van der Waals surface area contributed by atoms with E-state index in [2.05, 4.69) is 30.5 Å². The number of carbonyl (C=O) groups is 2. The van der Waals surface area contributed by atoms with Crippen molar-refractivity contribution in [2.45, 2.75) is 49.8 Å². The molecule has 4 bridgehead atoms. The molecule has 5 aliphatic rings. The zero-order chi connectivity index (χ0) is 23.3. The van der Waals surface area contributed by atoms with Crippen LogP contribution in [0.15, 0.2) is 14.9 Å². The van der Waals surface area contributed by atoms with Crippen molar-refractivity contribution in [3.05, 3.63) is 11.8 Å². The number of aromatic nitrogens is 3. The van der Waals surface area contributed by atoms with Crippen LogP contribution in [-0.4, -0.2) is 64.0 Å². The van der Waals surface area contributed by atoms with Crippen LogP contribution in [0.2, 0.25) is 0 Å². The molecule has 2 aromatic heterocycles. The highest BCUT2D eigenvalue weighted by molar-refractivity contribution is 8.01. The Morgan fingerprint density at radius 3 is 2.41 bits per heavy atom. The fourth-order valence-corrected chi connectivity index (χ4v) is 8.62. The number of hydrogen-bond acceptors (Lipinski definition) is 9. The van der Waals surface area contributed by atoms with Crippen LogP contribution in [0.4, 0.5) is 10.9 Å². The summed E-state index contributed by atoms with van der Waals surface area (Å²) in [6.07, 6.45) is 7.45. The summed E-state index contributed by atoms with van der Waals surface area (Å²) in [5.74, 6) is 3.93. The van der Waals surface area contributed by atoms with E-state index >= 15 is 0 Å². The first kappa shape index (κ1) is 22.3. The Kier molecular flexibility index (Phi) is 5.79. The third-order valence-electron chi connectivity index (χ3n) is 7.95. The molecular formula is C23H30N6O3S2. The van der Waals surface area contributed by atoms with Gasteiger partial charge >= 0.3 is 0 Å². The summed E-state index contributed by atoms with van der Waals surface area (Å²) in [5, 5.41) is 15.9. The van der Waals surface area contributed by atoms with Crippen molar-refractivity contribution in [3.8, 4) is 0 Å². The summed E-state index contributed by atoms with van der Waals surface area (Å²) in [6.45, 7) is 4.84. The molecule has 0 atom stereocenters. The van der Waals surface area contributed by atoms with Gasteiger partial charge in [-0.15, -0.1) is 10.2 Å². The molecule has 7 rings (SSSR count). The van der Waals surface area contributed by atoms with Gasteiger partial charge in [-0.05, 0) is 63.2 Å². The molecule has 11 heteroatoms. The van der Waals surface area contributed by atoms with Crippen LogP contribution in [-0.2, 0) is 9.59 Å². The molecule has 1 N–H and O–H groups in total. The smallest absolute Gasteiger partial charge is 0.236 e. The van der Waals surface area contributed by atoms with Crippen molar-refractivity contribution in [1.29, 1.82) is 0 Å². The lowest BCUT2D eigenvalue weighted by Crippen LogP contribution is -2.58. The quantitative estimate of drug-likeness (QED) is 0.599. The number of thioether (sulfide) groups is 1. The third-order valence-corrected chi connectivity index (χ3v) is 10.1. The van der Waals surface area contributed by atoms with Gasteiger partial charge in [-0.3, -0.25) is 9.59 Å². The van der Waals surface area contributed by atoms with Gasteiger partial charge in [0.15, 0.2) is 10.2 Å². The van der Waals surface area contributed by atoms with E-state index in [0.29, 0.717) is 17.5 Å². The number of carbonyl (C=O) groups excluding carboxylic acids is 2. The molecule has 5 fully saturated rings. The minimum Gasteiger partial charge on any atom is -0.360 e. The largest absolute Gasteiger partial charge is 0.360 e. The Morgan fingerprint density at radius 1 is 1.12 bits per heavy atom. The fourth-order valence-electron chi connectivity index (χ4n) is 6.93. The number of nitrogens with one attached hydrogen (secondary N) is 1. The highest BCUT2D eigenvalue weighted by atomic mass is 32.2. The van der Waals surface area contributed by atoms with Crippen molar-refractivity contribution in [2.75, 3.05) is 42.1 Å². The van der Waals surface area contributed by atoms with Crippen LogP contribution in [0, 0.1) is 30.1 Å². The molecule has 4 saturated carbocycles. The Balaban J connectivity index is 1.00. The van der Waals surface area contributed by atoms with Gasteiger partial charge in [-0.1, -0.05) is 28.3 Å². The SMILES string of the molecule is Cc1cc(NC(=O)CSc2nnc(N3CCN(C(=O)C45CC6CC(CC(C6)C4)C5)CC3)s2)no1. The summed E-state index contributed by atoms with van der Waals surface area (Å²) in [4.78, 5) is 30.1. The monoisotopic (exact) mass is 502 g/mol. The van der Waals surface area contributed by atoms with Crippen LogP contribution in [0.1, 0.15) is 44.3 Å². The second-order valence-electron chi connectivity index (χ2n) is 10.5. The first-order valence-corrected chi connectivity index (χ1v) is 14.0. The van der Waals surface area contributed by atoms with E-state index in [9.17, 15) is 9.59 Å². The lowest BCUT2D eigenvalue weighted by Gasteiger charge is -2.57. The fraction of sp³-hybridized carbons (Fsp3) is 0.696. The molecule has 182 valence electrons.